The summed E-state index contributed by atoms with van der Waals surface area (Å²) in [5.74, 6) is 1.12. The number of aromatic nitrogens is 5. The van der Waals surface area contributed by atoms with Crippen molar-refractivity contribution in [3.63, 3.8) is 0 Å². The van der Waals surface area contributed by atoms with Crippen molar-refractivity contribution in [3.05, 3.63) is 37.3 Å². The lowest BCUT2D eigenvalue weighted by atomic mass is 9.86. The number of carbonyl (C=O) groups excluding carboxylic acids is 1. The van der Waals surface area contributed by atoms with Crippen LogP contribution in [-0.2, 0) is 11.8 Å². The predicted molar refractivity (Wildman–Crippen MR) is 99.2 cm³/mol. The molecule has 9 nitrogen and oxygen atoms in total. The third kappa shape index (κ3) is 3.23. The molecule has 0 aliphatic heterocycles. The molecule has 26 heavy (non-hydrogen) atoms. The molecule has 3 heterocycles. The fraction of sp³-hybridized carbons (Fsp3) is 0.294. The number of rotatable bonds is 6. The minimum absolute atomic E-state index is 0.133. The lowest BCUT2D eigenvalue weighted by Crippen LogP contribution is -2.49. The molecule has 1 fully saturated rings. The summed E-state index contributed by atoms with van der Waals surface area (Å²) in [7, 11) is 1.85. The van der Waals surface area contributed by atoms with Crippen LogP contribution in [0.1, 0.15) is 12.8 Å². The minimum Gasteiger partial charge on any atom is -0.366 e. The van der Waals surface area contributed by atoms with Crippen LogP contribution in [0.25, 0.3) is 11.0 Å². The number of hydrogen-bond acceptors (Lipinski definition) is 6. The zero-order chi connectivity index (χ0) is 18.1. The van der Waals surface area contributed by atoms with Gasteiger partial charge in [0.15, 0.2) is 0 Å². The molecule has 0 atom stereocenters. The Kier molecular flexibility index (Phi) is 4.04. The fourth-order valence-corrected chi connectivity index (χ4v) is 3.03. The van der Waals surface area contributed by atoms with Crippen LogP contribution in [0.15, 0.2) is 37.3 Å². The van der Waals surface area contributed by atoms with Gasteiger partial charge in [-0.3, -0.25) is 9.48 Å². The van der Waals surface area contributed by atoms with Crippen molar-refractivity contribution in [1.29, 1.82) is 0 Å². The minimum atomic E-state index is -0.133. The van der Waals surface area contributed by atoms with Crippen LogP contribution in [0.5, 0.6) is 0 Å². The Morgan fingerprint density at radius 1 is 1.38 bits per heavy atom. The van der Waals surface area contributed by atoms with Crippen LogP contribution < -0.4 is 16.0 Å². The summed E-state index contributed by atoms with van der Waals surface area (Å²) in [4.78, 5) is 23.6. The summed E-state index contributed by atoms with van der Waals surface area (Å²) in [5.41, 5.74) is 1.57. The first-order valence-electron chi connectivity index (χ1n) is 8.41. The molecule has 1 aliphatic rings. The first-order chi connectivity index (χ1) is 12.6. The second-order valence-electron chi connectivity index (χ2n) is 6.39. The van der Waals surface area contributed by atoms with E-state index >= 15 is 0 Å². The zero-order valence-electron chi connectivity index (χ0n) is 14.4. The van der Waals surface area contributed by atoms with Crippen molar-refractivity contribution >= 4 is 34.4 Å². The molecule has 9 heteroatoms. The van der Waals surface area contributed by atoms with Crippen molar-refractivity contribution in [2.75, 3.05) is 10.6 Å². The van der Waals surface area contributed by atoms with E-state index in [1.165, 1.54) is 6.08 Å². The summed E-state index contributed by atoms with van der Waals surface area (Å²) in [5, 5.41) is 14.6. The van der Waals surface area contributed by atoms with E-state index in [9.17, 15) is 4.79 Å². The average Bonchev–Trinajstić information content (AvgIpc) is 3.21. The van der Waals surface area contributed by atoms with Gasteiger partial charge in [0.2, 0.25) is 11.9 Å². The van der Waals surface area contributed by atoms with Crippen LogP contribution in [0.3, 0.4) is 0 Å². The largest absolute Gasteiger partial charge is 0.366 e. The van der Waals surface area contributed by atoms with E-state index in [0.717, 1.165) is 35.4 Å². The highest BCUT2D eigenvalue weighted by molar-refractivity contribution is 5.89. The van der Waals surface area contributed by atoms with E-state index in [-0.39, 0.29) is 18.0 Å². The van der Waals surface area contributed by atoms with Crippen molar-refractivity contribution in [2.24, 2.45) is 7.05 Å². The second-order valence-corrected chi connectivity index (χ2v) is 6.39. The summed E-state index contributed by atoms with van der Waals surface area (Å²) in [6, 6.07) is 2.38. The van der Waals surface area contributed by atoms with Crippen LogP contribution in [0.2, 0.25) is 0 Å². The van der Waals surface area contributed by atoms with Gasteiger partial charge in [0.25, 0.3) is 0 Å². The molecular weight excluding hydrogens is 332 g/mol. The quantitative estimate of drug-likeness (QED) is 0.502. The van der Waals surface area contributed by atoms with Gasteiger partial charge in [0.05, 0.1) is 17.3 Å². The molecule has 1 amide bonds. The number of aromatic amines is 1. The van der Waals surface area contributed by atoms with E-state index in [0.29, 0.717) is 5.95 Å². The summed E-state index contributed by atoms with van der Waals surface area (Å²) >= 11 is 0. The monoisotopic (exact) mass is 352 g/mol. The van der Waals surface area contributed by atoms with Crippen LogP contribution in [-0.4, -0.2) is 42.7 Å². The lowest BCUT2D eigenvalue weighted by Gasteiger charge is -2.36. The molecule has 134 valence electrons. The van der Waals surface area contributed by atoms with E-state index < -0.39 is 0 Å². The van der Waals surface area contributed by atoms with Crippen LogP contribution >= 0.6 is 0 Å². The second kappa shape index (κ2) is 6.51. The van der Waals surface area contributed by atoms with Gasteiger partial charge < -0.3 is 20.9 Å². The van der Waals surface area contributed by atoms with Gasteiger partial charge in [0.1, 0.15) is 11.5 Å². The number of anilines is 3. The Bertz CT molecular complexity index is 953. The molecule has 4 rings (SSSR count). The molecule has 0 aromatic carbocycles. The normalized spacial score (nSPS) is 19.0. The van der Waals surface area contributed by atoms with Crippen LogP contribution in [0.4, 0.5) is 17.5 Å². The Morgan fingerprint density at radius 2 is 2.23 bits per heavy atom. The topological polar surface area (TPSA) is 113 Å². The van der Waals surface area contributed by atoms with Crippen LogP contribution in [0, 0.1) is 0 Å². The number of carbonyl (C=O) groups is 1. The van der Waals surface area contributed by atoms with Gasteiger partial charge in [-0.15, -0.1) is 0 Å². The Balaban J connectivity index is 1.49. The van der Waals surface area contributed by atoms with E-state index in [1.807, 2.05) is 25.5 Å². The third-order valence-electron chi connectivity index (χ3n) is 4.39. The molecule has 4 N–H and O–H groups in total. The zero-order valence-corrected chi connectivity index (χ0v) is 14.4. The number of amides is 1. The number of nitrogens with one attached hydrogen (secondary N) is 4. The third-order valence-corrected chi connectivity index (χ3v) is 4.39. The van der Waals surface area contributed by atoms with Crippen molar-refractivity contribution < 1.29 is 4.79 Å². The molecular formula is C17H20N8O. The van der Waals surface area contributed by atoms with Gasteiger partial charge in [-0.25, -0.2) is 0 Å². The molecule has 3 aromatic heterocycles. The van der Waals surface area contributed by atoms with E-state index in [1.54, 1.807) is 10.9 Å². The molecule has 0 bridgehead atoms. The van der Waals surface area contributed by atoms with Gasteiger partial charge >= 0.3 is 0 Å². The summed E-state index contributed by atoms with van der Waals surface area (Å²) in [6.07, 6.45) is 8.40. The maximum absolute atomic E-state index is 11.4. The first-order valence-corrected chi connectivity index (χ1v) is 8.41. The van der Waals surface area contributed by atoms with Gasteiger partial charge in [0, 0.05) is 31.5 Å². The Morgan fingerprint density at radius 3 is 2.96 bits per heavy atom. The van der Waals surface area contributed by atoms with Crippen molar-refractivity contribution in [3.8, 4) is 0 Å². The number of hydrogen-bond donors (Lipinski definition) is 4. The highest BCUT2D eigenvalue weighted by atomic mass is 16.1. The van der Waals surface area contributed by atoms with Gasteiger partial charge in [-0.05, 0) is 25.0 Å². The van der Waals surface area contributed by atoms with E-state index in [4.69, 9.17) is 0 Å². The maximum Gasteiger partial charge on any atom is 0.243 e. The summed E-state index contributed by atoms with van der Waals surface area (Å²) < 4.78 is 1.71. The molecule has 0 radical (unpaired) electrons. The van der Waals surface area contributed by atoms with Gasteiger partial charge in [-0.1, -0.05) is 6.58 Å². The van der Waals surface area contributed by atoms with Gasteiger partial charge in [-0.2, -0.15) is 15.1 Å². The SMILES string of the molecule is C=CC(=O)N[C@H]1C[C@H](Nc2nc(Nc3cnn(C)c3)nc3[nH]ccc23)C1. The lowest BCUT2D eigenvalue weighted by molar-refractivity contribution is -0.117. The Hall–Kier alpha value is -3.36. The number of fused-ring (bicyclic) bond motifs is 1. The first kappa shape index (κ1) is 16.1. The molecule has 1 saturated carbocycles. The highest BCUT2D eigenvalue weighted by Gasteiger charge is 2.30. The number of nitrogens with zero attached hydrogens (tertiary/aromatic N) is 4. The molecule has 0 saturated heterocycles. The summed E-state index contributed by atoms with van der Waals surface area (Å²) in [6.45, 7) is 3.47. The molecule has 0 unspecified atom stereocenters. The number of H-pyrrole nitrogens is 1. The Labute approximate surface area is 149 Å². The highest BCUT2D eigenvalue weighted by Crippen LogP contribution is 2.28. The van der Waals surface area contributed by atoms with E-state index in [2.05, 4.69) is 42.6 Å². The number of aryl methyl sites for hydroxylation is 1. The molecule has 1 aliphatic carbocycles. The predicted octanol–water partition coefficient (Wildman–Crippen LogP) is 1.68. The molecule has 3 aromatic rings. The standard InChI is InChI=1S/C17H20N8O/c1-3-14(26)20-10-6-11(7-10)21-16-13-4-5-18-15(13)23-17(24-16)22-12-8-19-25(2)9-12/h3-5,8-11H,1,6-7H2,2H3,(H,20,26)(H3,18,21,22,23,24)/t10-,11-. The van der Waals surface area contributed by atoms with Crippen molar-refractivity contribution in [1.82, 2.24) is 30.0 Å². The van der Waals surface area contributed by atoms with Crippen molar-refractivity contribution in [2.45, 2.75) is 24.9 Å². The maximum atomic E-state index is 11.4. The fourth-order valence-electron chi connectivity index (χ4n) is 3.03. The smallest absolute Gasteiger partial charge is 0.243 e. The molecule has 0 spiro atoms. The average molecular weight is 352 g/mol.